The van der Waals surface area contributed by atoms with E-state index in [9.17, 15) is 18.4 Å². The van der Waals surface area contributed by atoms with Crippen LogP contribution in [0.1, 0.15) is 5.56 Å². The predicted octanol–water partition coefficient (Wildman–Crippen LogP) is 3.81. The fraction of sp³-hybridized carbons (Fsp3) is 0.0588. The van der Waals surface area contributed by atoms with Gasteiger partial charge in [0.15, 0.2) is 6.61 Å². The fourth-order valence-corrected chi connectivity index (χ4v) is 1.93. The summed E-state index contributed by atoms with van der Waals surface area (Å²) in [5.41, 5.74) is 0.415. The molecule has 7 heteroatoms. The Morgan fingerprint density at radius 3 is 2.62 bits per heavy atom. The zero-order valence-corrected chi connectivity index (χ0v) is 13.0. The summed E-state index contributed by atoms with van der Waals surface area (Å²) in [6, 6.07) is 9.57. The minimum atomic E-state index is -0.923. The van der Waals surface area contributed by atoms with Gasteiger partial charge in [-0.1, -0.05) is 29.8 Å². The fourth-order valence-electron chi connectivity index (χ4n) is 1.73. The van der Waals surface area contributed by atoms with E-state index in [1.54, 1.807) is 24.3 Å². The van der Waals surface area contributed by atoms with Crippen LogP contribution in [0.5, 0.6) is 0 Å². The minimum absolute atomic E-state index is 0.205. The van der Waals surface area contributed by atoms with Crippen molar-refractivity contribution >= 4 is 35.2 Å². The number of amides is 1. The first-order chi connectivity index (χ1) is 11.5. The third-order valence-corrected chi connectivity index (χ3v) is 3.20. The topological polar surface area (TPSA) is 55.4 Å². The van der Waals surface area contributed by atoms with Crippen LogP contribution in [0.2, 0.25) is 5.02 Å². The molecule has 1 N–H and O–H groups in total. The van der Waals surface area contributed by atoms with Gasteiger partial charge in [-0.2, -0.15) is 0 Å². The monoisotopic (exact) mass is 351 g/mol. The van der Waals surface area contributed by atoms with Crippen molar-refractivity contribution in [3.63, 3.8) is 0 Å². The number of ether oxygens (including phenoxy) is 1. The highest BCUT2D eigenvalue weighted by atomic mass is 35.5. The number of carbonyl (C=O) groups excluding carboxylic acids is 2. The molecular formula is C17H12ClF2NO3. The summed E-state index contributed by atoms with van der Waals surface area (Å²) in [5, 5.41) is 2.64. The van der Waals surface area contributed by atoms with Crippen LogP contribution in [0.4, 0.5) is 14.5 Å². The number of nitrogens with one attached hydrogen (secondary N) is 1. The number of halogens is 3. The summed E-state index contributed by atoms with van der Waals surface area (Å²) in [7, 11) is 0. The van der Waals surface area contributed by atoms with Gasteiger partial charge >= 0.3 is 5.97 Å². The second-order valence-corrected chi connectivity index (χ2v) is 5.04. The summed E-state index contributed by atoms with van der Waals surface area (Å²) in [6.07, 6.45) is 2.56. The molecule has 2 rings (SSSR count). The first kappa shape index (κ1) is 17.6. The molecule has 0 aliphatic carbocycles. The molecule has 0 saturated heterocycles. The number of carbonyl (C=O) groups is 2. The van der Waals surface area contributed by atoms with E-state index in [1.165, 1.54) is 6.08 Å². The summed E-state index contributed by atoms with van der Waals surface area (Å²) >= 11 is 5.92. The molecule has 0 atom stereocenters. The van der Waals surface area contributed by atoms with E-state index in [2.05, 4.69) is 5.32 Å². The minimum Gasteiger partial charge on any atom is -0.452 e. The third-order valence-electron chi connectivity index (χ3n) is 2.85. The first-order valence-corrected chi connectivity index (χ1v) is 7.18. The Hall–Kier alpha value is -2.73. The summed E-state index contributed by atoms with van der Waals surface area (Å²) in [4.78, 5) is 23.1. The van der Waals surface area contributed by atoms with E-state index < -0.39 is 30.1 Å². The standard InChI is InChI=1S/C17H12ClF2NO3/c18-13-4-2-1-3-11(13)5-8-17(23)24-10-16(22)21-15-7-6-12(19)9-14(15)20/h1-9H,10H2,(H,21,22)/b8-5+. The molecule has 0 bridgehead atoms. The zero-order chi connectivity index (χ0) is 17.5. The van der Waals surface area contributed by atoms with Gasteiger partial charge in [-0.3, -0.25) is 4.79 Å². The van der Waals surface area contributed by atoms with Crippen LogP contribution in [0.25, 0.3) is 6.08 Å². The van der Waals surface area contributed by atoms with Crippen LogP contribution in [-0.2, 0) is 14.3 Å². The predicted molar refractivity (Wildman–Crippen MR) is 86.4 cm³/mol. The van der Waals surface area contributed by atoms with Crippen molar-refractivity contribution < 1.29 is 23.1 Å². The van der Waals surface area contributed by atoms with Gasteiger partial charge in [0.25, 0.3) is 5.91 Å². The molecule has 2 aromatic carbocycles. The highest BCUT2D eigenvalue weighted by molar-refractivity contribution is 6.32. The van der Waals surface area contributed by atoms with Crippen LogP contribution in [0.3, 0.4) is 0 Å². The molecule has 0 aromatic heterocycles. The SMILES string of the molecule is O=C(COC(=O)/C=C/c1ccccc1Cl)Nc1ccc(F)cc1F. The van der Waals surface area contributed by atoms with E-state index in [4.69, 9.17) is 16.3 Å². The lowest BCUT2D eigenvalue weighted by Gasteiger charge is -2.06. The molecule has 0 heterocycles. The van der Waals surface area contributed by atoms with Crippen LogP contribution in [0, 0.1) is 11.6 Å². The van der Waals surface area contributed by atoms with Gasteiger partial charge in [0.05, 0.1) is 5.69 Å². The number of esters is 1. The van der Waals surface area contributed by atoms with E-state index in [-0.39, 0.29) is 5.69 Å². The second-order valence-electron chi connectivity index (χ2n) is 4.63. The van der Waals surface area contributed by atoms with Crippen molar-refractivity contribution in [3.8, 4) is 0 Å². The van der Waals surface area contributed by atoms with Gasteiger partial charge < -0.3 is 10.1 Å². The number of hydrogen-bond acceptors (Lipinski definition) is 3. The Bertz CT molecular complexity index is 793. The molecule has 0 spiro atoms. The van der Waals surface area contributed by atoms with Gasteiger partial charge in [-0.25, -0.2) is 13.6 Å². The Labute approximate surface area is 141 Å². The smallest absolute Gasteiger partial charge is 0.331 e. The maximum Gasteiger partial charge on any atom is 0.331 e. The number of anilines is 1. The van der Waals surface area contributed by atoms with Crippen molar-refractivity contribution in [2.45, 2.75) is 0 Å². The lowest BCUT2D eigenvalue weighted by molar-refractivity contribution is -0.142. The average molecular weight is 352 g/mol. The quantitative estimate of drug-likeness (QED) is 0.658. The van der Waals surface area contributed by atoms with Crippen LogP contribution >= 0.6 is 11.6 Å². The molecule has 0 unspecified atom stereocenters. The molecule has 1 amide bonds. The summed E-state index contributed by atoms with van der Waals surface area (Å²) < 4.78 is 30.8. The number of rotatable bonds is 5. The van der Waals surface area contributed by atoms with Crippen LogP contribution in [0.15, 0.2) is 48.5 Å². The Balaban J connectivity index is 1.85. The Kier molecular flexibility index (Phi) is 6.03. The number of hydrogen-bond donors (Lipinski definition) is 1. The third kappa shape index (κ3) is 5.17. The highest BCUT2D eigenvalue weighted by Gasteiger charge is 2.09. The molecular weight excluding hydrogens is 340 g/mol. The molecule has 0 aliphatic heterocycles. The lowest BCUT2D eigenvalue weighted by atomic mass is 10.2. The van der Waals surface area contributed by atoms with E-state index in [1.807, 2.05) is 0 Å². The van der Waals surface area contributed by atoms with Gasteiger partial charge in [0, 0.05) is 17.2 Å². The van der Waals surface area contributed by atoms with E-state index in [0.717, 1.165) is 18.2 Å². The molecule has 0 aliphatic rings. The zero-order valence-electron chi connectivity index (χ0n) is 12.3. The summed E-state index contributed by atoms with van der Waals surface area (Å²) in [6.45, 7) is -0.609. The van der Waals surface area contributed by atoms with Gasteiger partial charge in [-0.15, -0.1) is 0 Å². The molecule has 24 heavy (non-hydrogen) atoms. The van der Waals surface area contributed by atoms with Crippen molar-refractivity contribution in [2.75, 3.05) is 11.9 Å². The van der Waals surface area contributed by atoms with Crippen molar-refractivity contribution in [1.29, 1.82) is 0 Å². The number of benzene rings is 2. The van der Waals surface area contributed by atoms with Gasteiger partial charge in [0.2, 0.25) is 0 Å². The molecule has 0 radical (unpaired) electrons. The van der Waals surface area contributed by atoms with Crippen molar-refractivity contribution in [3.05, 3.63) is 70.8 Å². The second kappa shape index (κ2) is 8.21. The average Bonchev–Trinajstić information content (AvgIpc) is 2.55. The largest absolute Gasteiger partial charge is 0.452 e. The Morgan fingerprint density at radius 1 is 1.17 bits per heavy atom. The van der Waals surface area contributed by atoms with Crippen molar-refractivity contribution in [2.24, 2.45) is 0 Å². The first-order valence-electron chi connectivity index (χ1n) is 6.80. The summed E-state index contributed by atoms with van der Waals surface area (Å²) in [5.74, 6) is -3.19. The molecule has 124 valence electrons. The van der Waals surface area contributed by atoms with Gasteiger partial charge in [0.1, 0.15) is 11.6 Å². The van der Waals surface area contributed by atoms with Crippen molar-refractivity contribution in [1.82, 2.24) is 0 Å². The van der Waals surface area contributed by atoms with Crippen LogP contribution < -0.4 is 5.32 Å². The molecule has 0 saturated carbocycles. The lowest BCUT2D eigenvalue weighted by Crippen LogP contribution is -2.20. The maximum absolute atomic E-state index is 13.4. The van der Waals surface area contributed by atoms with E-state index >= 15 is 0 Å². The van der Waals surface area contributed by atoms with E-state index in [0.29, 0.717) is 16.7 Å². The highest BCUT2D eigenvalue weighted by Crippen LogP contribution is 2.16. The maximum atomic E-state index is 13.4. The van der Waals surface area contributed by atoms with Gasteiger partial charge in [-0.05, 0) is 29.8 Å². The molecule has 0 fully saturated rings. The molecule has 2 aromatic rings. The normalized spacial score (nSPS) is 10.6. The Morgan fingerprint density at radius 2 is 1.92 bits per heavy atom. The molecule has 4 nitrogen and oxygen atoms in total. The van der Waals surface area contributed by atoms with Crippen LogP contribution in [-0.4, -0.2) is 18.5 Å².